The van der Waals surface area contributed by atoms with Crippen LogP contribution in [0.5, 0.6) is 11.5 Å². The molecule has 0 aliphatic carbocycles. The fourth-order valence-electron chi connectivity index (χ4n) is 7.77. The number of ether oxygens (including phenoxy) is 1. The first-order chi connectivity index (χ1) is 31.4. The SMILES string of the molecule is [2H]c1c([2H])c(C([2H])([2H])[2H])c([2H])c([2H])c1-c1cccc(C(C)(C)C)c1[N+]1=C=[N+](c2[c-]c(Oc3[c-]c4c(cc3)c3cnccc3n4-c3cc(C(C)(C)C)ccn3)cc(C(C)(C)C)c2)c2ccccc21.[Pt+2]. The summed E-state index contributed by atoms with van der Waals surface area (Å²) in [4.78, 5) is 9.27. The molecule has 306 valence electrons. The molecule has 8 aromatic rings. The van der Waals surface area contributed by atoms with Gasteiger partial charge in [-0.25, -0.2) is 4.98 Å². The van der Waals surface area contributed by atoms with Gasteiger partial charge in [0.05, 0.1) is 11.0 Å². The molecule has 5 aromatic carbocycles. The molecule has 1 aliphatic heterocycles. The zero-order valence-electron chi connectivity index (χ0n) is 42.8. The number of benzene rings is 5. The Labute approximate surface area is 384 Å². The van der Waals surface area contributed by atoms with Crippen LogP contribution < -0.4 is 13.9 Å². The van der Waals surface area contributed by atoms with Crippen molar-refractivity contribution in [3.05, 3.63) is 162 Å². The predicted octanol–water partition coefficient (Wildman–Crippen LogP) is 13.7. The van der Waals surface area contributed by atoms with Gasteiger partial charge in [0.2, 0.25) is 5.69 Å². The van der Waals surface area contributed by atoms with E-state index in [1.54, 1.807) is 12.3 Å². The van der Waals surface area contributed by atoms with Crippen molar-refractivity contribution in [3.63, 3.8) is 0 Å². The molecule has 0 unspecified atom stereocenters. The summed E-state index contributed by atoms with van der Waals surface area (Å²) in [5.74, 6) is 1.71. The van der Waals surface area contributed by atoms with Gasteiger partial charge in [-0.05, 0) is 68.5 Å². The number of pyridine rings is 2. The van der Waals surface area contributed by atoms with Crippen molar-refractivity contribution in [2.45, 2.75) is 85.4 Å². The number of nitrogens with zero attached hydrogens (tertiary/aromatic N) is 5. The van der Waals surface area contributed by atoms with Gasteiger partial charge >= 0.3 is 27.1 Å². The average Bonchev–Trinajstić information content (AvgIpc) is 3.80. The Bertz CT molecular complexity index is 3390. The Morgan fingerprint density at radius 2 is 1.44 bits per heavy atom. The topological polar surface area (TPSA) is 46.0 Å². The van der Waals surface area contributed by atoms with Gasteiger partial charge in [0.25, 0.3) is 11.4 Å². The van der Waals surface area contributed by atoms with Crippen LogP contribution in [-0.2, 0) is 37.3 Å². The van der Waals surface area contributed by atoms with Crippen molar-refractivity contribution in [1.29, 1.82) is 0 Å². The van der Waals surface area contributed by atoms with E-state index in [4.69, 9.17) is 19.3 Å². The summed E-state index contributed by atoms with van der Waals surface area (Å²) in [7, 11) is 0. The minimum Gasteiger partial charge on any atom is -0.509 e. The van der Waals surface area contributed by atoms with Gasteiger partial charge < -0.3 is 9.30 Å². The summed E-state index contributed by atoms with van der Waals surface area (Å²) in [5, 5.41) is 1.93. The maximum Gasteiger partial charge on any atom is 2.00 e. The van der Waals surface area contributed by atoms with E-state index in [0.717, 1.165) is 55.7 Å². The van der Waals surface area contributed by atoms with Gasteiger partial charge in [0, 0.05) is 57.4 Å². The first kappa shape index (κ1) is 33.7. The summed E-state index contributed by atoms with van der Waals surface area (Å²) in [5.41, 5.74) is 6.39. The molecule has 0 N–H and O–H groups in total. The normalized spacial score (nSPS) is 14.7. The Morgan fingerprint density at radius 1 is 0.705 bits per heavy atom. The number of hydrogen-bond donors (Lipinski definition) is 0. The van der Waals surface area contributed by atoms with Crippen LogP contribution in [0.4, 0.5) is 22.7 Å². The molecule has 0 fully saturated rings. The molecule has 4 heterocycles. The second-order valence-corrected chi connectivity index (χ2v) is 18.4. The van der Waals surface area contributed by atoms with E-state index in [1.807, 2.05) is 88.3 Å². The standard InChI is InChI=1S/C54H51N5O.Pt/c1-35-18-20-36(21-19-35)42-14-13-15-45(54(8,9)10)51(42)58-34-57(47-16-11-12-17-48(47)58)39-28-38(53(5,6)7)29-41(31-39)60-40-22-23-43-44-33-55-26-25-46(44)59(49(43)32-40)50-30-37(24-27-56-50)52(2,3)4;/h11-30,33H,1-10H3;/q;+2/i1D3,18D,19D,20D,21D;. The average molecular weight is 988 g/mol. The quantitative estimate of drug-likeness (QED) is 0.123. The fraction of sp³-hybridized carbons (Fsp3) is 0.241. The molecule has 0 spiro atoms. The summed E-state index contributed by atoms with van der Waals surface area (Å²) in [6, 6.07) is 36.2. The molecule has 1 aliphatic rings. The van der Waals surface area contributed by atoms with E-state index in [9.17, 15) is 0 Å². The maximum absolute atomic E-state index is 9.14. The molecule has 9 rings (SSSR count). The first-order valence-electron chi connectivity index (χ1n) is 23.7. The second-order valence-electron chi connectivity index (χ2n) is 18.4. The van der Waals surface area contributed by atoms with E-state index in [0.29, 0.717) is 28.4 Å². The van der Waals surface area contributed by atoms with Gasteiger partial charge in [-0.3, -0.25) is 4.98 Å². The van der Waals surface area contributed by atoms with Gasteiger partial charge in [-0.2, -0.15) is 6.07 Å². The minimum absolute atomic E-state index is 0. The third-order valence-corrected chi connectivity index (χ3v) is 11.0. The molecule has 7 heteroatoms. The van der Waals surface area contributed by atoms with Crippen LogP contribution in [0.1, 0.15) is 94.2 Å². The molecule has 0 radical (unpaired) electrons. The van der Waals surface area contributed by atoms with Crippen LogP contribution in [-0.4, -0.2) is 20.5 Å². The third kappa shape index (κ3) is 7.80. The molecule has 6 nitrogen and oxygen atoms in total. The molecule has 61 heavy (non-hydrogen) atoms. The minimum atomic E-state index is -2.84. The molecule has 0 saturated heterocycles. The van der Waals surface area contributed by atoms with Crippen LogP contribution in [0.15, 0.2) is 128 Å². The number of hydrogen-bond acceptors (Lipinski definition) is 3. The van der Waals surface area contributed by atoms with Gasteiger partial charge in [-0.1, -0.05) is 139 Å². The van der Waals surface area contributed by atoms with Crippen LogP contribution in [0.3, 0.4) is 0 Å². The molecular formula is C54H51N5OPt+2. The van der Waals surface area contributed by atoms with E-state index >= 15 is 0 Å². The zero-order valence-corrected chi connectivity index (χ0v) is 38.0. The number of aromatic nitrogens is 3. The van der Waals surface area contributed by atoms with Crippen molar-refractivity contribution in [2.24, 2.45) is 0 Å². The first-order valence-corrected chi connectivity index (χ1v) is 20.2. The molecule has 0 bridgehead atoms. The Kier molecular flexibility index (Phi) is 8.58. The van der Waals surface area contributed by atoms with E-state index in [1.165, 1.54) is 0 Å². The van der Waals surface area contributed by atoms with Gasteiger partial charge in [0.15, 0.2) is 0 Å². The van der Waals surface area contributed by atoms with Crippen molar-refractivity contribution in [2.75, 3.05) is 0 Å². The summed E-state index contributed by atoms with van der Waals surface area (Å²) in [6.07, 6.45) is 5.49. The monoisotopic (exact) mass is 987 g/mol. The fourth-order valence-corrected chi connectivity index (χ4v) is 7.77. The van der Waals surface area contributed by atoms with E-state index in [-0.39, 0.29) is 37.5 Å². The smallest absolute Gasteiger partial charge is 0.509 e. The summed E-state index contributed by atoms with van der Waals surface area (Å²) < 4.78 is 72.7. The number of rotatable bonds is 6. The summed E-state index contributed by atoms with van der Waals surface area (Å²) in [6.45, 7) is 16.3. The predicted molar refractivity (Wildman–Crippen MR) is 248 cm³/mol. The molecular weight excluding hydrogens is 930 g/mol. The Morgan fingerprint density at radius 3 is 2.15 bits per heavy atom. The summed E-state index contributed by atoms with van der Waals surface area (Å²) >= 11 is 0. The van der Waals surface area contributed by atoms with Gasteiger partial charge in [0.1, 0.15) is 11.5 Å². The Balaban J connectivity index is 0.00000625. The van der Waals surface area contributed by atoms with E-state index in [2.05, 4.69) is 102 Å². The van der Waals surface area contributed by atoms with Crippen LogP contribution >= 0.6 is 0 Å². The molecule has 3 aromatic heterocycles. The number of para-hydroxylation sites is 3. The van der Waals surface area contributed by atoms with Crippen LogP contribution in [0.2, 0.25) is 0 Å². The van der Waals surface area contributed by atoms with Crippen molar-refractivity contribution < 1.29 is 35.4 Å². The third-order valence-electron chi connectivity index (χ3n) is 11.0. The van der Waals surface area contributed by atoms with Crippen molar-refractivity contribution in [3.8, 4) is 28.4 Å². The Hall–Kier alpha value is -5.93. The van der Waals surface area contributed by atoms with E-state index < -0.39 is 42.0 Å². The molecule has 0 amide bonds. The van der Waals surface area contributed by atoms with Crippen molar-refractivity contribution in [1.82, 2.24) is 23.7 Å². The number of fused-ring (bicyclic) bond motifs is 4. The van der Waals surface area contributed by atoms with Crippen LogP contribution in [0.25, 0.3) is 38.8 Å². The van der Waals surface area contributed by atoms with Crippen LogP contribution in [0, 0.1) is 19.0 Å². The van der Waals surface area contributed by atoms with Crippen molar-refractivity contribution >= 4 is 50.6 Å². The molecule has 0 atom stereocenters. The van der Waals surface area contributed by atoms with Gasteiger partial charge in [-0.15, -0.1) is 29.1 Å². The largest absolute Gasteiger partial charge is 2.00 e. The zero-order chi connectivity index (χ0) is 48.1. The second kappa shape index (κ2) is 15.5. The molecule has 0 saturated carbocycles. The maximum atomic E-state index is 9.14.